The van der Waals surface area contributed by atoms with Crippen molar-refractivity contribution < 1.29 is 10.2 Å². The van der Waals surface area contributed by atoms with Crippen molar-refractivity contribution >= 4 is 0 Å². The average molecular weight is 222 g/mol. The Morgan fingerprint density at radius 2 is 2.12 bits per heavy atom. The van der Waals surface area contributed by atoms with Crippen LogP contribution in [0.15, 0.2) is 24.8 Å². The first kappa shape index (κ1) is 11.9. The summed E-state index contributed by atoms with van der Waals surface area (Å²) in [5.74, 6) is 0.0335. The van der Waals surface area contributed by atoms with Gasteiger partial charge in [0.1, 0.15) is 0 Å². The third-order valence-corrected chi connectivity index (χ3v) is 4.66. The van der Waals surface area contributed by atoms with Crippen molar-refractivity contribution in [1.82, 2.24) is 0 Å². The van der Waals surface area contributed by atoms with Crippen molar-refractivity contribution in [1.29, 1.82) is 0 Å². The van der Waals surface area contributed by atoms with Crippen molar-refractivity contribution in [2.45, 2.75) is 44.1 Å². The number of hydrogen-bond acceptors (Lipinski definition) is 2. The zero-order valence-corrected chi connectivity index (χ0v) is 9.86. The third-order valence-electron chi connectivity index (χ3n) is 4.66. The topological polar surface area (TPSA) is 40.5 Å². The van der Waals surface area contributed by atoms with Gasteiger partial charge in [-0.1, -0.05) is 24.6 Å². The van der Waals surface area contributed by atoms with E-state index in [4.69, 9.17) is 0 Å². The summed E-state index contributed by atoms with van der Waals surface area (Å²) in [4.78, 5) is 0. The van der Waals surface area contributed by atoms with Crippen LogP contribution in [0.1, 0.15) is 38.5 Å². The molecule has 1 saturated carbocycles. The van der Waals surface area contributed by atoms with Crippen LogP contribution in [-0.2, 0) is 0 Å². The Kier molecular flexibility index (Phi) is 3.22. The second-order valence-corrected chi connectivity index (χ2v) is 5.35. The number of rotatable bonds is 3. The first-order valence-electron chi connectivity index (χ1n) is 6.28. The van der Waals surface area contributed by atoms with E-state index >= 15 is 0 Å². The van der Waals surface area contributed by atoms with E-state index in [2.05, 4.69) is 18.7 Å². The zero-order valence-electron chi connectivity index (χ0n) is 9.86. The molecule has 2 aliphatic carbocycles. The van der Waals surface area contributed by atoms with E-state index in [0.29, 0.717) is 6.42 Å². The monoisotopic (exact) mass is 222 g/mol. The quantitative estimate of drug-likeness (QED) is 0.720. The molecule has 0 heterocycles. The summed E-state index contributed by atoms with van der Waals surface area (Å²) in [7, 11) is 0. The SMILES string of the molecule is C=CC[C@@]12CC=CC[C@@]1(O)[C@H](CO)CCC2. The van der Waals surface area contributed by atoms with Gasteiger partial charge in [0.2, 0.25) is 0 Å². The molecule has 1 fully saturated rings. The highest BCUT2D eigenvalue weighted by Gasteiger charge is 2.55. The van der Waals surface area contributed by atoms with Crippen LogP contribution < -0.4 is 0 Å². The van der Waals surface area contributed by atoms with Crippen molar-refractivity contribution in [3.8, 4) is 0 Å². The van der Waals surface area contributed by atoms with Gasteiger partial charge in [0.05, 0.1) is 5.60 Å². The van der Waals surface area contributed by atoms with Crippen LogP contribution in [0, 0.1) is 11.3 Å². The Bertz CT molecular complexity index is 297. The molecule has 0 aromatic rings. The van der Waals surface area contributed by atoms with E-state index in [-0.39, 0.29) is 17.9 Å². The molecule has 0 spiro atoms. The molecule has 2 rings (SSSR count). The van der Waals surface area contributed by atoms with Gasteiger partial charge in [-0.3, -0.25) is 0 Å². The van der Waals surface area contributed by atoms with Gasteiger partial charge < -0.3 is 10.2 Å². The molecule has 0 unspecified atom stereocenters. The number of hydrogen-bond donors (Lipinski definition) is 2. The molecule has 0 aromatic heterocycles. The van der Waals surface area contributed by atoms with E-state index in [1.54, 1.807) is 0 Å². The molecule has 2 nitrogen and oxygen atoms in total. The maximum Gasteiger partial charge on any atom is 0.0793 e. The first-order chi connectivity index (χ1) is 7.68. The van der Waals surface area contributed by atoms with Crippen LogP contribution in [0.5, 0.6) is 0 Å². The minimum Gasteiger partial charge on any atom is -0.396 e. The van der Waals surface area contributed by atoms with E-state index in [0.717, 1.165) is 32.1 Å². The lowest BCUT2D eigenvalue weighted by Gasteiger charge is -2.55. The average Bonchev–Trinajstić information content (AvgIpc) is 2.29. The summed E-state index contributed by atoms with van der Waals surface area (Å²) in [5.41, 5.74) is -0.794. The summed E-state index contributed by atoms with van der Waals surface area (Å²) < 4.78 is 0. The highest BCUT2D eigenvalue weighted by Crippen LogP contribution is 2.55. The fourth-order valence-corrected chi connectivity index (χ4v) is 3.69. The molecule has 90 valence electrons. The molecule has 2 N–H and O–H groups in total. The highest BCUT2D eigenvalue weighted by atomic mass is 16.3. The third kappa shape index (κ3) is 1.56. The second kappa shape index (κ2) is 4.34. The molecular weight excluding hydrogens is 200 g/mol. The van der Waals surface area contributed by atoms with Gasteiger partial charge in [0, 0.05) is 17.9 Å². The van der Waals surface area contributed by atoms with Crippen molar-refractivity contribution in [2.24, 2.45) is 11.3 Å². The van der Waals surface area contributed by atoms with Crippen LogP contribution >= 0.6 is 0 Å². The van der Waals surface area contributed by atoms with Gasteiger partial charge in [-0.2, -0.15) is 0 Å². The molecule has 0 aromatic carbocycles. The standard InChI is InChI=1S/C14H22O2/c1-2-7-13-8-3-4-10-14(13,16)12(11-15)6-5-9-13/h2-4,12,15-16H,1,5-11H2/t12-,13-,14+/m0/s1. The number of allylic oxidation sites excluding steroid dienone is 2. The lowest BCUT2D eigenvalue weighted by Crippen LogP contribution is -2.57. The Hall–Kier alpha value is -0.600. The summed E-state index contributed by atoms with van der Waals surface area (Å²) in [6.45, 7) is 3.93. The molecule has 2 heteroatoms. The minimum absolute atomic E-state index is 0.0335. The van der Waals surface area contributed by atoms with Gasteiger partial charge >= 0.3 is 0 Å². The van der Waals surface area contributed by atoms with Crippen molar-refractivity contribution in [3.63, 3.8) is 0 Å². The van der Waals surface area contributed by atoms with Crippen LogP contribution in [0.3, 0.4) is 0 Å². The molecule has 16 heavy (non-hydrogen) atoms. The number of aliphatic hydroxyl groups excluding tert-OH is 1. The second-order valence-electron chi connectivity index (χ2n) is 5.35. The van der Waals surface area contributed by atoms with E-state index in [1.807, 2.05) is 6.08 Å². The summed E-state index contributed by atoms with van der Waals surface area (Å²) in [6, 6.07) is 0. The smallest absolute Gasteiger partial charge is 0.0793 e. The van der Waals surface area contributed by atoms with Crippen LogP contribution in [0.2, 0.25) is 0 Å². The predicted octanol–water partition coefficient (Wildman–Crippen LogP) is 2.42. The van der Waals surface area contributed by atoms with Gasteiger partial charge in [0.15, 0.2) is 0 Å². The first-order valence-corrected chi connectivity index (χ1v) is 6.28. The fraction of sp³-hybridized carbons (Fsp3) is 0.714. The zero-order chi connectivity index (χ0) is 11.6. The normalized spacial score (nSPS) is 42.8. The molecule has 3 atom stereocenters. The van der Waals surface area contributed by atoms with E-state index < -0.39 is 5.60 Å². The van der Waals surface area contributed by atoms with Gasteiger partial charge in [-0.15, -0.1) is 6.58 Å². The molecule has 0 aliphatic heterocycles. The lowest BCUT2D eigenvalue weighted by atomic mass is 9.53. The Balaban J connectivity index is 2.36. The molecule has 0 radical (unpaired) electrons. The minimum atomic E-state index is -0.719. The Morgan fingerprint density at radius 3 is 2.81 bits per heavy atom. The van der Waals surface area contributed by atoms with Gasteiger partial charge in [-0.25, -0.2) is 0 Å². The molecule has 0 amide bonds. The van der Waals surface area contributed by atoms with Crippen molar-refractivity contribution in [2.75, 3.05) is 6.61 Å². The van der Waals surface area contributed by atoms with Crippen LogP contribution in [0.25, 0.3) is 0 Å². The Morgan fingerprint density at radius 1 is 1.38 bits per heavy atom. The largest absolute Gasteiger partial charge is 0.396 e. The number of fused-ring (bicyclic) bond motifs is 1. The molecule has 0 bridgehead atoms. The summed E-state index contributed by atoms with van der Waals surface area (Å²) in [6.07, 6.45) is 11.7. The molecule has 2 aliphatic rings. The van der Waals surface area contributed by atoms with Gasteiger partial charge in [-0.05, 0) is 32.1 Å². The molecular formula is C14H22O2. The van der Waals surface area contributed by atoms with Crippen LogP contribution in [0.4, 0.5) is 0 Å². The van der Waals surface area contributed by atoms with Gasteiger partial charge in [0.25, 0.3) is 0 Å². The van der Waals surface area contributed by atoms with Crippen molar-refractivity contribution in [3.05, 3.63) is 24.8 Å². The maximum absolute atomic E-state index is 11.0. The summed E-state index contributed by atoms with van der Waals surface area (Å²) in [5, 5.41) is 20.4. The highest BCUT2D eigenvalue weighted by molar-refractivity contribution is 5.16. The Labute approximate surface area is 97.7 Å². The summed E-state index contributed by atoms with van der Waals surface area (Å²) >= 11 is 0. The lowest BCUT2D eigenvalue weighted by molar-refractivity contribution is -0.164. The predicted molar refractivity (Wildman–Crippen MR) is 65.0 cm³/mol. The fourth-order valence-electron chi connectivity index (χ4n) is 3.69. The van der Waals surface area contributed by atoms with E-state index in [9.17, 15) is 10.2 Å². The molecule has 0 saturated heterocycles. The maximum atomic E-state index is 11.0. The number of aliphatic hydroxyl groups is 2. The van der Waals surface area contributed by atoms with Crippen LogP contribution in [-0.4, -0.2) is 22.4 Å². The van der Waals surface area contributed by atoms with E-state index in [1.165, 1.54) is 0 Å².